The zero-order chi connectivity index (χ0) is 20.8. The third kappa shape index (κ3) is 4.12. The number of hydrogen-bond acceptors (Lipinski definition) is 4. The molecule has 5 nitrogen and oxygen atoms in total. The molecule has 1 fully saturated rings. The second-order valence-corrected chi connectivity index (χ2v) is 8.41. The molecule has 3 unspecified atom stereocenters. The number of rotatable bonds is 3. The van der Waals surface area contributed by atoms with Crippen molar-refractivity contribution in [3.8, 4) is 17.2 Å². The van der Waals surface area contributed by atoms with Crippen molar-refractivity contribution < 1.29 is 32.0 Å². The number of fused-ring (bicyclic) bond motifs is 1. The normalized spacial score (nSPS) is 23.9. The van der Waals surface area contributed by atoms with Crippen LogP contribution in [0.4, 0.5) is 13.2 Å². The summed E-state index contributed by atoms with van der Waals surface area (Å²) in [5.74, 6) is 0.430. The van der Waals surface area contributed by atoms with Crippen molar-refractivity contribution >= 4 is 28.9 Å². The minimum Gasteiger partial charge on any atom is -0.593 e. The lowest BCUT2D eigenvalue weighted by Crippen LogP contribution is -2.28. The molecule has 1 saturated heterocycles. The van der Waals surface area contributed by atoms with Gasteiger partial charge >= 0.3 is 6.18 Å². The van der Waals surface area contributed by atoms with Gasteiger partial charge in [-0.25, -0.2) is 0 Å². The maximum atomic E-state index is 12.8. The second-order valence-electron chi connectivity index (χ2n) is 6.77. The van der Waals surface area contributed by atoms with E-state index in [1.165, 1.54) is 0 Å². The Hall–Kier alpha value is -2.10. The summed E-state index contributed by atoms with van der Waals surface area (Å²) in [6.07, 6.45) is -3.87. The first-order valence-electron chi connectivity index (χ1n) is 8.72. The van der Waals surface area contributed by atoms with Gasteiger partial charge in [-0.1, -0.05) is 17.7 Å². The Labute approximate surface area is 172 Å². The number of hydrogen-bond donors (Lipinski definition) is 1. The average molecular weight is 446 g/mol. The zero-order valence-electron chi connectivity index (χ0n) is 14.8. The highest BCUT2D eigenvalue weighted by atomic mass is 35.5. The van der Waals surface area contributed by atoms with Crippen LogP contribution in [0.3, 0.4) is 0 Å². The quantitative estimate of drug-likeness (QED) is 0.710. The van der Waals surface area contributed by atoms with Gasteiger partial charge < -0.3 is 14.0 Å². The number of halogens is 4. The molecule has 0 aromatic heterocycles. The molecule has 154 valence electrons. The maximum absolute atomic E-state index is 12.8. The molecular formula is C19H15ClF3NO4S. The van der Waals surface area contributed by atoms with Crippen LogP contribution in [0.1, 0.15) is 23.5 Å². The molecule has 0 aliphatic carbocycles. The highest BCUT2D eigenvalue weighted by Gasteiger charge is 2.43. The van der Waals surface area contributed by atoms with E-state index >= 15 is 0 Å². The van der Waals surface area contributed by atoms with Gasteiger partial charge in [0.2, 0.25) is 0 Å². The summed E-state index contributed by atoms with van der Waals surface area (Å²) in [6, 6.07) is 7.86. The van der Waals surface area contributed by atoms with Crippen LogP contribution >= 0.6 is 11.6 Å². The Bertz CT molecular complexity index is 956. The standard InChI is InChI=1S/C19H15ClF3NO4S/c20-15-7-10(19(21,22)23)1-4-16(15)28-11-2-3-13-12(5-6-27-17(13)8-11)14-9-29(26)24-18(14)25/h1-4,7-8,12,14H,5-6,9H2,(H,24,25). The smallest absolute Gasteiger partial charge is 0.416 e. The van der Waals surface area contributed by atoms with E-state index in [0.717, 1.165) is 23.8 Å². The van der Waals surface area contributed by atoms with Gasteiger partial charge in [0, 0.05) is 12.0 Å². The number of carbonyl (C=O) groups is 1. The largest absolute Gasteiger partial charge is 0.593 e. The first kappa shape index (κ1) is 20.2. The lowest BCUT2D eigenvalue weighted by atomic mass is 9.82. The molecule has 1 N–H and O–H groups in total. The number of nitrogens with one attached hydrogen (secondary N) is 1. The molecule has 0 radical (unpaired) electrons. The second kappa shape index (κ2) is 7.62. The van der Waals surface area contributed by atoms with Crippen molar-refractivity contribution in [2.45, 2.75) is 18.5 Å². The van der Waals surface area contributed by atoms with Gasteiger partial charge in [0.25, 0.3) is 5.91 Å². The molecule has 0 saturated carbocycles. The molecule has 0 bridgehead atoms. The molecule has 2 aliphatic heterocycles. The van der Waals surface area contributed by atoms with E-state index in [1.54, 1.807) is 18.2 Å². The zero-order valence-corrected chi connectivity index (χ0v) is 16.4. The predicted octanol–water partition coefficient (Wildman–Crippen LogP) is 4.43. The summed E-state index contributed by atoms with van der Waals surface area (Å²) in [5.41, 5.74) is -0.0557. The van der Waals surface area contributed by atoms with Crippen molar-refractivity contribution in [2.75, 3.05) is 12.4 Å². The lowest BCUT2D eigenvalue weighted by Gasteiger charge is -2.28. The van der Waals surface area contributed by atoms with E-state index in [2.05, 4.69) is 4.72 Å². The van der Waals surface area contributed by atoms with Crippen LogP contribution in [0.5, 0.6) is 17.2 Å². The molecule has 10 heteroatoms. The van der Waals surface area contributed by atoms with Crippen molar-refractivity contribution in [3.63, 3.8) is 0 Å². The molecule has 3 atom stereocenters. The van der Waals surface area contributed by atoms with Crippen LogP contribution < -0.4 is 14.2 Å². The molecular weight excluding hydrogens is 431 g/mol. The number of ether oxygens (including phenoxy) is 2. The van der Waals surface area contributed by atoms with Crippen molar-refractivity contribution in [3.05, 3.63) is 52.5 Å². The van der Waals surface area contributed by atoms with Crippen LogP contribution in [0.25, 0.3) is 0 Å². The van der Waals surface area contributed by atoms with Gasteiger partial charge in [-0.15, -0.1) is 0 Å². The fourth-order valence-corrected chi connectivity index (χ4v) is 4.92. The molecule has 2 aromatic carbocycles. The fraction of sp³-hybridized carbons (Fsp3) is 0.316. The SMILES string of the molecule is O=C1N[S+]([O-])CC1C1CCOc2cc(Oc3ccc(C(F)(F)F)cc3Cl)ccc21. The number of benzene rings is 2. The van der Waals surface area contributed by atoms with Crippen molar-refractivity contribution in [2.24, 2.45) is 5.92 Å². The average Bonchev–Trinajstić information content (AvgIpc) is 3.00. The van der Waals surface area contributed by atoms with E-state index < -0.39 is 29.0 Å². The minimum atomic E-state index is -4.49. The van der Waals surface area contributed by atoms with Gasteiger partial charge in [-0.05, 0) is 36.2 Å². The first-order chi connectivity index (χ1) is 13.7. The van der Waals surface area contributed by atoms with Gasteiger partial charge in [-0.3, -0.25) is 4.79 Å². The van der Waals surface area contributed by atoms with Crippen molar-refractivity contribution in [1.82, 2.24) is 4.72 Å². The molecule has 2 aromatic rings. The van der Waals surface area contributed by atoms with Crippen LogP contribution in [-0.2, 0) is 22.3 Å². The molecule has 29 heavy (non-hydrogen) atoms. The summed E-state index contributed by atoms with van der Waals surface area (Å²) in [4.78, 5) is 12.1. The topological polar surface area (TPSA) is 70.6 Å². The number of amides is 1. The van der Waals surface area contributed by atoms with E-state index in [4.69, 9.17) is 21.1 Å². The summed E-state index contributed by atoms with van der Waals surface area (Å²) in [7, 11) is 0. The Morgan fingerprint density at radius 3 is 2.66 bits per heavy atom. The molecule has 2 heterocycles. The van der Waals surface area contributed by atoms with Crippen LogP contribution in [0.15, 0.2) is 36.4 Å². The summed E-state index contributed by atoms with van der Waals surface area (Å²) in [6.45, 7) is 0.387. The van der Waals surface area contributed by atoms with E-state index in [9.17, 15) is 22.5 Å². The Balaban J connectivity index is 1.57. The molecule has 1 amide bonds. The first-order valence-corrected chi connectivity index (χ1v) is 10.4. The molecule has 4 rings (SSSR count). The number of alkyl halides is 3. The number of carbonyl (C=O) groups excluding carboxylic acids is 1. The van der Waals surface area contributed by atoms with Gasteiger partial charge in [-0.2, -0.15) is 17.9 Å². The van der Waals surface area contributed by atoms with E-state index in [0.29, 0.717) is 24.5 Å². The van der Waals surface area contributed by atoms with Crippen LogP contribution in [0, 0.1) is 5.92 Å². The predicted molar refractivity (Wildman–Crippen MR) is 100 cm³/mol. The van der Waals surface area contributed by atoms with Crippen LogP contribution in [-0.4, -0.2) is 22.8 Å². The highest BCUT2D eigenvalue weighted by molar-refractivity contribution is 7.90. The molecule has 0 spiro atoms. The van der Waals surface area contributed by atoms with E-state index in [-0.39, 0.29) is 28.4 Å². The van der Waals surface area contributed by atoms with Gasteiger partial charge in [0.15, 0.2) is 0 Å². The van der Waals surface area contributed by atoms with E-state index in [1.807, 2.05) is 0 Å². The lowest BCUT2D eigenvalue weighted by molar-refractivity contribution is -0.137. The fourth-order valence-electron chi connectivity index (χ4n) is 3.53. The summed E-state index contributed by atoms with van der Waals surface area (Å²) in [5, 5.41) is -0.165. The summed E-state index contributed by atoms with van der Waals surface area (Å²) < 4.78 is 63.7. The Kier molecular flexibility index (Phi) is 5.30. The summed E-state index contributed by atoms with van der Waals surface area (Å²) >= 11 is 4.57. The third-order valence-electron chi connectivity index (χ3n) is 4.93. The monoisotopic (exact) mass is 445 g/mol. The molecule has 2 aliphatic rings. The Morgan fingerprint density at radius 1 is 1.21 bits per heavy atom. The maximum Gasteiger partial charge on any atom is 0.416 e. The van der Waals surface area contributed by atoms with Crippen LogP contribution in [0.2, 0.25) is 5.02 Å². The third-order valence-corrected chi connectivity index (χ3v) is 6.31. The Morgan fingerprint density at radius 2 is 2.00 bits per heavy atom. The van der Waals surface area contributed by atoms with Gasteiger partial charge in [0.1, 0.15) is 23.0 Å². The highest BCUT2D eigenvalue weighted by Crippen LogP contribution is 2.43. The van der Waals surface area contributed by atoms with Crippen molar-refractivity contribution in [1.29, 1.82) is 0 Å². The van der Waals surface area contributed by atoms with Gasteiger partial charge in [0.05, 0.1) is 34.5 Å². The minimum absolute atomic E-state index is 0.0811.